The third-order valence-electron chi connectivity index (χ3n) is 6.84. The van der Waals surface area contributed by atoms with Crippen molar-refractivity contribution in [3.63, 3.8) is 0 Å². The largest absolute Gasteiger partial charge is 0.356 e. The molecule has 0 spiro atoms. The van der Waals surface area contributed by atoms with Crippen LogP contribution in [0.25, 0.3) is 22.6 Å². The van der Waals surface area contributed by atoms with Gasteiger partial charge < -0.3 is 25.1 Å². The van der Waals surface area contributed by atoms with Crippen LogP contribution in [0.2, 0.25) is 0 Å². The topological polar surface area (TPSA) is 114 Å². The lowest BCUT2D eigenvalue weighted by Crippen LogP contribution is -2.45. The van der Waals surface area contributed by atoms with E-state index in [1.165, 1.54) is 38.3 Å². The van der Waals surface area contributed by atoms with E-state index in [0.717, 1.165) is 18.4 Å². The lowest BCUT2D eigenvalue weighted by Gasteiger charge is -2.36. The molecule has 2 aromatic heterocycles. The van der Waals surface area contributed by atoms with E-state index in [0.29, 0.717) is 54.7 Å². The number of rotatable bonds is 7. The fraction of sp³-hybridized carbons (Fsp3) is 0.481. The van der Waals surface area contributed by atoms with Crippen LogP contribution in [-0.2, 0) is 14.3 Å². The number of benzene rings is 1. The highest BCUT2D eigenvalue weighted by Gasteiger charge is 2.35. The molecule has 5 rings (SSSR count). The summed E-state index contributed by atoms with van der Waals surface area (Å²) in [7, 11) is 0. The summed E-state index contributed by atoms with van der Waals surface area (Å²) in [6.07, 6.45) is 6.93. The fourth-order valence-corrected chi connectivity index (χ4v) is 4.74. The first kappa shape index (κ1) is 25.3. The van der Waals surface area contributed by atoms with E-state index in [1.807, 2.05) is 13.0 Å². The van der Waals surface area contributed by atoms with Crippen molar-refractivity contribution in [2.24, 2.45) is 5.41 Å². The van der Waals surface area contributed by atoms with Gasteiger partial charge in [-0.05, 0) is 43.2 Å². The van der Waals surface area contributed by atoms with Gasteiger partial charge in [0.15, 0.2) is 5.82 Å². The number of nitrogens with zero attached hydrogens (tertiary/aromatic N) is 3. The summed E-state index contributed by atoms with van der Waals surface area (Å²) in [6, 6.07) is 8.38. The van der Waals surface area contributed by atoms with E-state index >= 15 is 0 Å². The highest BCUT2D eigenvalue weighted by atomic mass is 19.1. The van der Waals surface area contributed by atoms with Crippen molar-refractivity contribution in [3.8, 4) is 22.6 Å². The van der Waals surface area contributed by atoms with Gasteiger partial charge in [-0.3, -0.25) is 4.79 Å². The zero-order chi connectivity index (χ0) is 25.8. The van der Waals surface area contributed by atoms with Gasteiger partial charge in [-0.1, -0.05) is 26.2 Å². The van der Waals surface area contributed by atoms with Crippen molar-refractivity contribution in [1.29, 1.82) is 0 Å². The van der Waals surface area contributed by atoms with E-state index in [2.05, 4.69) is 20.6 Å². The minimum absolute atomic E-state index is 0.0924. The lowest BCUT2D eigenvalue weighted by molar-refractivity contribution is -0.232. The van der Waals surface area contributed by atoms with Crippen LogP contribution in [0.3, 0.4) is 0 Å². The molecule has 1 aliphatic carbocycles. The molecule has 0 atom stereocenters. The molecule has 1 aliphatic heterocycles. The Hall–Kier alpha value is -3.37. The molecule has 1 saturated carbocycles. The third kappa shape index (κ3) is 6.14. The van der Waals surface area contributed by atoms with E-state index in [1.54, 1.807) is 18.3 Å². The smallest absolute Gasteiger partial charge is 0.223 e. The van der Waals surface area contributed by atoms with Gasteiger partial charge in [-0.25, -0.2) is 19.3 Å². The molecule has 196 valence electrons. The SMILES string of the molecule is CC(=O)NCC1(C)COC(c2nc(-c3ccc(F)cc3)c(-c3ccnc(NC4CCCCC4)n3)[nH]2)OC1. The van der Waals surface area contributed by atoms with Crippen LogP contribution >= 0.6 is 0 Å². The van der Waals surface area contributed by atoms with Crippen LogP contribution in [0.15, 0.2) is 36.5 Å². The van der Waals surface area contributed by atoms with E-state index < -0.39 is 6.29 Å². The van der Waals surface area contributed by atoms with E-state index in [4.69, 9.17) is 19.4 Å². The molecule has 1 aromatic carbocycles. The number of nitrogens with one attached hydrogen (secondary N) is 3. The first-order valence-corrected chi connectivity index (χ1v) is 12.8. The minimum Gasteiger partial charge on any atom is -0.356 e. The number of halogens is 1. The Balaban J connectivity index is 1.41. The van der Waals surface area contributed by atoms with Crippen molar-refractivity contribution in [1.82, 2.24) is 25.3 Å². The lowest BCUT2D eigenvalue weighted by atomic mass is 9.92. The van der Waals surface area contributed by atoms with Crippen LogP contribution in [0.1, 0.15) is 58.1 Å². The van der Waals surface area contributed by atoms with Crippen LogP contribution in [-0.4, -0.2) is 51.6 Å². The number of aromatic amines is 1. The summed E-state index contributed by atoms with van der Waals surface area (Å²) >= 11 is 0. The van der Waals surface area contributed by atoms with Crippen molar-refractivity contribution in [2.45, 2.75) is 58.3 Å². The van der Waals surface area contributed by atoms with Gasteiger partial charge in [-0.2, -0.15) is 0 Å². The predicted molar refractivity (Wildman–Crippen MR) is 137 cm³/mol. The van der Waals surface area contributed by atoms with Gasteiger partial charge in [0.25, 0.3) is 0 Å². The van der Waals surface area contributed by atoms with Gasteiger partial charge in [0.05, 0.1) is 30.3 Å². The standard InChI is InChI=1S/C27H33FN6O3/c1-17(35)30-14-27(2)15-36-25(37-16-27)24-33-22(18-8-10-19(28)11-9-18)23(34-24)21-12-13-29-26(32-21)31-20-6-4-3-5-7-20/h8-13,20,25H,3-7,14-16H2,1-2H3,(H,30,35)(H,33,34)(H,29,31,32). The number of hydrogen-bond donors (Lipinski definition) is 3. The number of anilines is 1. The average molecular weight is 509 g/mol. The summed E-state index contributed by atoms with van der Waals surface area (Å²) in [5, 5.41) is 6.30. The highest BCUT2D eigenvalue weighted by molar-refractivity contribution is 5.77. The first-order valence-electron chi connectivity index (χ1n) is 12.8. The van der Waals surface area contributed by atoms with Crippen molar-refractivity contribution in [3.05, 3.63) is 48.2 Å². The third-order valence-corrected chi connectivity index (χ3v) is 6.84. The van der Waals surface area contributed by atoms with Crippen LogP contribution in [0.4, 0.5) is 10.3 Å². The number of aromatic nitrogens is 4. The Labute approximate surface area is 215 Å². The van der Waals surface area contributed by atoms with Gasteiger partial charge >= 0.3 is 0 Å². The summed E-state index contributed by atoms with van der Waals surface area (Å²) in [6.45, 7) is 4.72. The van der Waals surface area contributed by atoms with Gasteiger partial charge in [0, 0.05) is 36.7 Å². The molecule has 37 heavy (non-hydrogen) atoms. The zero-order valence-electron chi connectivity index (χ0n) is 21.2. The van der Waals surface area contributed by atoms with Crippen LogP contribution < -0.4 is 10.6 Å². The average Bonchev–Trinajstić information content (AvgIpc) is 3.35. The quantitative estimate of drug-likeness (QED) is 0.427. The Kier molecular flexibility index (Phi) is 7.48. The van der Waals surface area contributed by atoms with Crippen molar-refractivity contribution < 1.29 is 18.7 Å². The molecule has 10 heteroatoms. The van der Waals surface area contributed by atoms with Gasteiger partial charge in [-0.15, -0.1) is 0 Å². The number of carbonyl (C=O) groups excluding carboxylic acids is 1. The number of ether oxygens (including phenoxy) is 2. The van der Waals surface area contributed by atoms with Crippen molar-refractivity contribution in [2.75, 3.05) is 25.1 Å². The number of H-pyrrole nitrogens is 1. The fourth-order valence-electron chi connectivity index (χ4n) is 4.74. The van der Waals surface area contributed by atoms with Crippen LogP contribution in [0, 0.1) is 11.2 Å². The molecule has 0 bridgehead atoms. The number of carbonyl (C=O) groups is 1. The maximum Gasteiger partial charge on any atom is 0.223 e. The molecular weight excluding hydrogens is 475 g/mol. The molecular formula is C27H33FN6O3. The van der Waals surface area contributed by atoms with E-state index in [-0.39, 0.29) is 17.1 Å². The second-order valence-electron chi connectivity index (χ2n) is 10.3. The number of amides is 1. The van der Waals surface area contributed by atoms with Crippen LogP contribution in [0.5, 0.6) is 0 Å². The Morgan fingerprint density at radius 1 is 1.11 bits per heavy atom. The monoisotopic (exact) mass is 508 g/mol. The zero-order valence-corrected chi connectivity index (χ0v) is 21.2. The second kappa shape index (κ2) is 10.9. The predicted octanol–water partition coefficient (Wildman–Crippen LogP) is 4.61. The molecule has 3 N–H and O–H groups in total. The van der Waals surface area contributed by atoms with E-state index in [9.17, 15) is 9.18 Å². The van der Waals surface area contributed by atoms with Gasteiger partial charge in [0.1, 0.15) is 5.82 Å². The molecule has 3 heterocycles. The Bertz CT molecular complexity index is 1220. The van der Waals surface area contributed by atoms with Crippen molar-refractivity contribution >= 4 is 11.9 Å². The normalized spacial score (nSPS) is 22.5. The summed E-state index contributed by atoms with van der Waals surface area (Å²) in [5.41, 5.74) is 2.36. The molecule has 2 fully saturated rings. The molecule has 0 unspecified atom stereocenters. The van der Waals surface area contributed by atoms with Gasteiger partial charge in [0.2, 0.25) is 18.1 Å². The molecule has 1 saturated heterocycles. The maximum absolute atomic E-state index is 13.7. The second-order valence-corrected chi connectivity index (χ2v) is 10.3. The summed E-state index contributed by atoms with van der Waals surface area (Å²) < 4.78 is 25.7. The Morgan fingerprint density at radius 2 is 1.84 bits per heavy atom. The molecule has 2 aliphatic rings. The maximum atomic E-state index is 13.7. The summed E-state index contributed by atoms with van der Waals surface area (Å²) in [4.78, 5) is 28.7. The number of imidazole rings is 1. The highest BCUT2D eigenvalue weighted by Crippen LogP contribution is 2.35. The Morgan fingerprint density at radius 3 is 2.54 bits per heavy atom. The molecule has 9 nitrogen and oxygen atoms in total. The first-order chi connectivity index (χ1) is 17.9. The molecule has 0 radical (unpaired) electrons. The number of hydrogen-bond acceptors (Lipinski definition) is 7. The summed E-state index contributed by atoms with van der Waals surface area (Å²) in [5.74, 6) is 0.658. The molecule has 1 amide bonds. The minimum atomic E-state index is -0.708. The molecule has 3 aromatic rings.